The molecule has 2 unspecified atom stereocenters. The van der Waals surface area contributed by atoms with Gasteiger partial charge in [-0.2, -0.15) is 0 Å². The second kappa shape index (κ2) is 6.45. The van der Waals surface area contributed by atoms with Gasteiger partial charge in [0.1, 0.15) is 0 Å². The Balaban J connectivity index is 0.00000128. The van der Waals surface area contributed by atoms with Crippen molar-refractivity contribution in [1.29, 1.82) is 0 Å². The van der Waals surface area contributed by atoms with Crippen LogP contribution in [0.25, 0.3) is 0 Å². The first-order valence-corrected chi connectivity index (χ1v) is 6.32. The predicted octanol–water partition coefficient (Wildman–Crippen LogP) is 1.71. The lowest BCUT2D eigenvalue weighted by molar-refractivity contribution is -0.125. The van der Waals surface area contributed by atoms with Crippen LogP contribution in [-0.4, -0.2) is 25.0 Å². The van der Waals surface area contributed by atoms with E-state index in [0.717, 1.165) is 31.8 Å². The van der Waals surface area contributed by atoms with Crippen molar-refractivity contribution in [3.05, 3.63) is 0 Å². The topological polar surface area (TPSA) is 41.1 Å². The zero-order chi connectivity index (χ0) is 10.7. The average Bonchev–Trinajstić information content (AvgIpc) is 2.94. The van der Waals surface area contributed by atoms with Crippen LogP contribution in [0.2, 0.25) is 0 Å². The van der Waals surface area contributed by atoms with E-state index in [1.54, 1.807) is 0 Å². The van der Waals surface area contributed by atoms with E-state index >= 15 is 0 Å². The molecule has 16 heavy (non-hydrogen) atoms. The Morgan fingerprint density at radius 1 is 1.38 bits per heavy atom. The van der Waals surface area contributed by atoms with Gasteiger partial charge in [-0.3, -0.25) is 4.79 Å². The summed E-state index contributed by atoms with van der Waals surface area (Å²) in [4.78, 5) is 11.9. The zero-order valence-electron chi connectivity index (χ0n) is 10.00. The van der Waals surface area contributed by atoms with Crippen molar-refractivity contribution in [3.63, 3.8) is 0 Å². The molecule has 1 saturated heterocycles. The Morgan fingerprint density at radius 2 is 2.12 bits per heavy atom. The molecule has 2 aliphatic rings. The average molecular weight is 247 g/mol. The monoisotopic (exact) mass is 246 g/mol. The van der Waals surface area contributed by atoms with Gasteiger partial charge in [-0.1, -0.05) is 19.8 Å². The van der Waals surface area contributed by atoms with Crippen LogP contribution in [0.5, 0.6) is 0 Å². The molecule has 2 N–H and O–H groups in total. The first kappa shape index (κ1) is 13.8. The second-order valence-electron chi connectivity index (χ2n) is 4.89. The number of carbonyl (C=O) groups excluding carboxylic acids is 1. The van der Waals surface area contributed by atoms with Crippen molar-refractivity contribution >= 4 is 18.3 Å². The Labute approximate surface area is 104 Å². The van der Waals surface area contributed by atoms with Crippen LogP contribution in [0.1, 0.15) is 39.0 Å². The number of hydrogen-bond donors (Lipinski definition) is 2. The van der Waals surface area contributed by atoms with Crippen molar-refractivity contribution in [2.75, 3.05) is 13.1 Å². The molecule has 1 amide bonds. The van der Waals surface area contributed by atoms with Crippen LogP contribution in [0, 0.1) is 11.8 Å². The van der Waals surface area contributed by atoms with Crippen molar-refractivity contribution in [2.24, 2.45) is 11.8 Å². The van der Waals surface area contributed by atoms with Gasteiger partial charge in [0.2, 0.25) is 5.91 Å². The quantitative estimate of drug-likeness (QED) is 0.776. The summed E-state index contributed by atoms with van der Waals surface area (Å²) >= 11 is 0. The van der Waals surface area contributed by atoms with E-state index in [0.29, 0.717) is 6.04 Å². The summed E-state index contributed by atoms with van der Waals surface area (Å²) in [6.45, 7) is 4.03. The maximum Gasteiger partial charge on any atom is 0.224 e. The molecule has 94 valence electrons. The summed E-state index contributed by atoms with van der Waals surface area (Å²) in [5.41, 5.74) is 0. The van der Waals surface area contributed by atoms with Crippen molar-refractivity contribution in [2.45, 2.75) is 45.1 Å². The number of amides is 1. The van der Waals surface area contributed by atoms with Gasteiger partial charge >= 0.3 is 0 Å². The molecule has 2 rings (SSSR count). The van der Waals surface area contributed by atoms with E-state index in [9.17, 15) is 4.79 Å². The van der Waals surface area contributed by atoms with E-state index in [1.807, 2.05) is 0 Å². The second-order valence-corrected chi connectivity index (χ2v) is 4.89. The van der Waals surface area contributed by atoms with Crippen molar-refractivity contribution in [3.8, 4) is 0 Å². The van der Waals surface area contributed by atoms with Gasteiger partial charge in [-0.25, -0.2) is 0 Å². The van der Waals surface area contributed by atoms with Gasteiger partial charge in [0.15, 0.2) is 0 Å². The molecule has 1 aliphatic carbocycles. The predicted molar refractivity (Wildman–Crippen MR) is 67.8 cm³/mol. The van der Waals surface area contributed by atoms with Crippen LogP contribution < -0.4 is 10.6 Å². The van der Waals surface area contributed by atoms with Gasteiger partial charge in [-0.05, 0) is 31.7 Å². The van der Waals surface area contributed by atoms with Crippen molar-refractivity contribution < 1.29 is 4.79 Å². The molecule has 0 aromatic heterocycles. The molecule has 1 aliphatic heterocycles. The molecule has 0 radical (unpaired) electrons. The lowest BCUT2D eigenvalue weighted by atomic mass is 9.98. The summed E-state index contributed by atoms with van der Waals surface area (Å²) < 4.78 is 0. The van der Waals surface area contributed by atoms with Crippen molar-refractivity contribution in [1.82, 2.24) is 10.6 Å². The fraction of sp³-hybridized carbons (Fsp3) is 0.917. The normalized spacial score (nSPS) is 28.6. The van der Waals surface area contributed by atoms with E-state index < -0.39 is 0 Å². The minimum Gasteiger partial charge on any atom is -0.356 e. The highest BCUT2D eigenvalue weighted by Gasteiger charge is 2.31. The molecule has 4 heteroatoms. The molecule has 2 atom stereocenters. The molecule has 1 heterocycles. The third kappa shape index (κ3) is 3.63. The molecule has 1 saturated carbocycles. The molecular weight excluding hydrogens is 224 g/mol. The van der Waals surface area contributed by atoms with Crippen LogP contribution in [0.15, 0.2) is 0 Å². The Hall–Kier alpha value is -0.280. The standard InChI is InChI=1S/C12H22N2O.ClH/c1-2-11-10(6-8-13-11)12(15)14-7-5-9-3-4-9;/h9-11,13H,2-8H2,1H3,(H,14,15);1H. The van der Waals surface area contributed by atoms with Gasteiger partial charge in [0.25, 0.3) is 0 Å². The highest BCUT2D eigenvalue weighted by atomic mass is 35.5. The minimum atomic E-state index is 0. The Bertz CT molecular complexity index is 231. The highest BCUT2D eigenvalue weighted by Crippen LogP contribution is 2.31. The maximum atomic E-state index is 11.9. The SMILES string of the molecule is CCC1NCCC1C(=O)NCCC1CC1.Cl. The molecule has 0 aromatic carbocycles. The number of rotatable bonds is 5. The zero-order valence-corrected chi connectivity index (χ0v) is 10.8. The van der Waals surface area contributed by atoms with Gasteiger partial charge in [0.05, 0.1) is 5.92 Å². The van der Waals surface area contributed by atoms with E-state index in [-0.39, 0.29) is 24.2 Å². The molecule has 3 nitrogen and oxygen atoms in total. The lowest BCUT2D eigenvalue weighted by Crippen LogP contribution is -2.38. The summed E-state index contributed by atoms with van der Waals surface area (Å²) in [6.07, 6.45) is 5.99. The van der Waals surface area contributed by atoms with Crippen LogP contribution in [0.4, 0.5) is 0 Å². The minimum absolute atomic E-state index is 0. The maximum absolute atomic E-state index is 11.9. The Morgan fingerprint density at radius 3 is 2.75 bits per heavy atom. The largest absolute Gasteiger partial charge is 0.356 e. The highest BCUT2D eigenvalue weighted by molar-refractivity contribution is 5.85. The van der Waals surface area contributed by atoms with Crippen LogP contribution >= 0.6 is 12.4 Å². The third-order valence-electron chi connectivity index (χ3n) is 3.67. The van der Waals surface area contributed by atoms with Crippen LogP contribution in [-0.2, 0) is 4.79 Å². The summed E-state index contributed by atoms with van der Waals surface area (Å²) in [7, 11) is 0. The van der Waals surface area contributed by atoms with E-state index in [1.165, 1.54) is 19.3 Å². The fourth-order valence-electron chi connectivity index (χ4n) is 2.45. The van der Waals surface area contributed by atoms with Crippen LogP contribution in [0.3, 0.4) is 0 Å². The summed E-state index contributed by atoms with van der Waals surface area (Å²) in [6, 6.07) is 0.408. The number of nitrogens with one attached hydrogen (secondary N) is 2. The van der Waals surface area contributed by atoms with E-state index in [4.69, 9.17) is 0 Å². The van der Waals surface area contributed by atoms with E-state index in [2.05, 4.69) is 17.6 Å². The van der Waals surface area contributed by atoms with Gasteiger partial charge in [0, 0.05) is 12.6 Å². The molecule has 0 aromatic rings. The lowest BCUT2D eigenvalue weighted by Gasteiger charge is -2.17. The fourth-order valence-corrected chi connectivity index (χ4v) is 2.45. The van der Waals surface area contributed by atoms with Gasteiger partial charge in [-0.15, -0.1) is 12.4 Å². The summed E-state index contributed by atoms with van der Waals surface area (Å²) in [5.74, 6) is 1.40. The first-order valence-electron chi connectivity index (χ1n) is 6.32. The third-order valence-corrected chi connectivity index (χ3v) is 3.67. The van der Waals surface area contributed by atoms with Gasteiger partial charge < -0.3 is 10.6 Å². The Kier molecular flexibility index (Phi) is 5.56. The number of carbonyl (C=O) groups is 1. The molecule has 2 fully saturated rings. The summed E-state index contributed by atoms with van der Waals surface area (Å²) in [5, 5.41) is 6.47. The first-order chi connectivity index (χ1) is 7.31. The molecular formula is C12H23ClN2O. The number of halogens is 1. The smallest absolute Gasteiger partial charge is 0.224 e. The number of hydrogen-bond acceptors (Lipinski definition) is 2. The molecule has 0 spiro atoms. The molecule has 0 bridgehead atoms.